The Morgan fingerprint density at radius 3 is 0.429 bits per heavy atom. The molecule has 0 bridgehead atoms. The van der Waals surface area contributed by atoms with Crippen LogP contribution in [0.4, 0.5) is 0 Å². The first kappa shape index (κ1) is 44.0. The first-order valence-corrected chi connectivity index (χ1v) is 20.2. The van der Waals surface area contributed by atoms with E-state index >= 15 is 0 Å². The molecule has 4 N–H and O–H groups in total. The van der Waals surface area contributed by atoms with Crippen LogP contribution in [0.25, 0.3) is 0 Å². The smallest absolute Gasteiger partial charge is 0.00773 e. The first-order valence-electron chi connectivity index (χ1n) is 20.2. The van der Waals surface area contributed by atoms with Crippen molar-refractivity contribution < 1.29 is 0 Å². The van der Waals surface area contributed by atoms with E-state index in [1.165, 1.54) is 231 Å². The normalized spacial score (nSPS) is 11.1. The molecule has 2 heteroatoms. The van der Waals surface area contributed by atoms with Crippen molar-refractivity contribution in [1.82, 2.24) is 0 Å². The lowest BCUT2D eigenvalue weighted by Crippen LogP contribution is -1.97. The summed E-state index contributed by atoms with van der Waals surface area (Å²) in [7, 11) is 0. The highest BCUT2D eigenvalue weighted by Crippen LogP contribution is 2.15. The maximum absolute atomic E-state index is 5.49. The van der Waals surface area contributed by atoms with Crippen molar-refractivity contribution in [3.8, 4) is 0 Å². The number of hydrogen-bond donors (Lipinski definition) is 2. The molecule has 0 rings (SSSR count). The fraction of sp³-hybridized carbons (Fsp3) is 1.00. The fourth-order valence-electron chi connectivity index (χ4n) is 6.09. The van der Waals surface area contributed by atoms with E-state index in [2.05, 4.69) is 13.8 Å². The van der Waals surface area contributed by atoms with Gasteiger partial charge in [0.1, 0.15) is 0 Å². The van der Waals surface area contributed by atoms with Crippen molar-refractivity contribution in [3.05, 3.63) is 0 Å². The summed E-state index contributed by atoms with van der Waals surface area (Å²) in [4.78, 5) is 0. The van der Waals surface area contributed by atoms with Gasteiger partial charge in [-0.3, -0.25) is 0 Å². The third kappa shape index (κ3) is 46.9. The van der Waals surface area contributed by atoms with Gasteiger partial charge in [0.05, 0.1) is 0 Å². The molecule has 0 unspecified atom stereocenters. The molecule has 0 fully saturated rings. The minimum absolute atomic E-state index is 0.874. The van der Waals surface area contributed by atoms with E-state index in [4.69, 9.17) is 11.5 Å². The van der Waals surface area contributed by atoms with Crippen LogP contribution in [0.1, 0.15) is 245 Å². The monoisotopic (exact) mass is 595 g/mol. The topological polar surface area (TPSA) is 52.0 Å². The van der Waals surface area contributed by atoms with Crippen molar-refractivity contribution in [2.45, 2.75) is 245 Å². The second-order valence-electron chi connectivity index (χ2n) is 13.6. The van der Waals surface area contributed by atoms with Gasteiger partial charge in [-0.1, -0.05) is 232 Å². The number of hydrogen-bond acceptors (Lipinski definition) is 2. The Balaban J connectivity index is 0. The second kappa shape index (κ2) is 45.4. The van der Waals surface area contributed by atoms with Gasteiger partial charge in [-0.15, -0.1) is 0 Å². The van der Waals surface area contributed by atoms with E-state index in [1.54, 1.807) is 0 Å². The maximum Gasteiger partial charge on any atom is -0.00773 e. The lowest BCUT2D eigenvalue weighted by Gasteiger charge is -2.03. The van der Waals surface area contributed by atoms with Crippen LogP contribution in [0.5, 0.6) is 0 Å². The van der Waals surface area contributed by atoms with Gasteiger partial charge in [-0.2, -0.15) is 0 Å². The summed E-state index contributed by atoms with van der Waals surface area (Å²) in [6.45, 7) is 6.33. The number of unbranched alkanes of at least 4 members (excludes halogenated alkanes) is 34. The van der Waals surface area contributed by atoms with Crippen molar-refractivity contribution in [3.63, 3.8) is 0 Å². The summed E-state index contributed by atoms with van der Waals surface area (Å²) >= 11 is 0. The summed E-state index contributed by atoms with van der Waals surface area (Å²) in [6, 6.07) is 0. The Kier molecular flexibility index (Phi) is 47.6. The Morgan fingerprint density at radius 2 is 0.310 bits per heavy atom. The van der Waals surface area contributed by atoms with Crippen LogP contribution in [0.3, 0.4) is 0 Å². The third-order valence-electron chi connectivity index (χ3n) is 9.12. The summed E-state index contributed by atoms with van der Waals surface area (Å²) in [5.74, 6) is 0. The first-order chi connectivity index (χ1) is 20.8. The molecule has 0 aromatic heterocycles. The molecule has 0 aromatic carbocycles. The van der Waals surface area contributed by atoms with Crippen molar-refractivity contribution in [2.24, 2.45) is 11.5 Å². The van der Waals surface area contributed by atoms with Gasteiger partial charge in [0.15, 0.2) is 0 Å². The molecular weight excluding hydrogens is 508 g/mol. The van der Waals surface area contributed by atoms with Crippen LogP contribution < -0.4 is 11.5 Å². The lowest BCUT2D eigenvalue weighted by atomic mass is 10.0. The Morgan fingerprint density at radius 1 is 0.190 bits per heavy atom. The van der Waals surface area contributed by atoms with Gasteiger partial charge in [0, 0.05) is 0 Å². The fourth-order valence-corrected chi connectivity index (χ4v) is 6.09. The van der Waals surface area contributed by atoms with Crippen molar-refractivity contribution in [2.75, 3.05) is 13.1 Å². The quantitative estimate of drug-likeness (QED) is 0.0709. The zero-order chi connectivity index (χ0) is 30.9. The zero-order valence-corrected chi connectivity index (χ0v) is 30.0. The van der Waals surface area contributed by atoms with E-state index in [9.17, 15) is 0 Å². The average Bonchev–Trinajstić information content (AvgIpc) is 3.00. The van der Waals surface area contributed by atoms with E-state index in [0.717, 1.165) is 13.1 Å². The van der Waals surface area contributed by atoms with Gasteiger partial charge in [-0.25, -0.2) is 0 Å². The molecule has 0 saturated carbocycles. The van der Waals surface area contributed by atoms with Crippen LogP contribution in [-0.2, 0) is 0 Å². The Bertz CT molecular complexity index is 336. The molecule has 0 aliphatic carbocycles. The molecule has 42 heavy (non-hydrogen) atoms. The van der Waals surface area contributed by atoms with Crippen molar-refractivity contribution >= 4 is 0 Å². The highest BCUT2D eigenvalue weighted by molar-refractivity contribution is 4.52. The van der Waals surface area contributed by atoms with Crippen LogP contribution in [0, 0.1) is 0 Å². The SMILES string of the molecule is CCCCCCCCCCCCCCCCCCCCN.CCCCCCCCCCCCCCCCCCCCN. The van der Waals surface area contributed by atoms with Gasteiger partial charge >= 0.3 is 0 Å². The minimum atomic E-state index is 0.874. The van der Waals surface area contributed by atoms with Gasteiger partial charge < -0.3 is 11.5 Å². The molecule has 0 saturated heterocycles. The molecule has 0 atom stereocenters. The molecule has 0 radical (unpaired) electrons. The van der Waals surface area contributed by atoms with Crippen molar-refractivity contribution in [1.29, 1.82) is 0 Å². The molecular formula is C40H86N2. The van der Waals surface area contributed by atoms with Gasteiger partial charge in [-0.05, 0) is 25.9 Å². The largest absolute Gasteiger partial charge is 0.330 e. The number of rotatable bonds is 36. The van der Waals surface area contributed by atoms with Crippen LogP contribution in [-0.4, -0.2) is 13.1 Å². The third-order valence-corrected chi connectivity index (χ3v) is 9.12. The van der Waals surface area contributed by atoms with E-state index < -0.39 is 0 Å². The van der Waals surface area contributed by atoms with Crippen LogP contribution in [0.2, 0.25) is 0 Å². The standard InChI is InChI=1S/2C20H43N/c2*1-2-3-4-5-6-7-8-9-10-11-12-13-14-15-16-17-18-19-20-21/h2*2-21H2,1H3. The molecule has 256 valence electrons. The van der Waals surface area contributed by atoms with E-state index in [-0.39, 0.29) is 0 Å². The molecule has 0 aliphatic heterocycles. The highest BCUT2D eigenvalue weighted by Gasteiger charge is 1.96. The summed E-state index contributed by atoms with van der Waals surface area (Å²) in [5.41, 5.74) is 11.0. The maximum atomic E-state index is 5.49. The van der Waals surface area contributed by atoms with E-state index in [0.29, 0.717) is 0 Å². The van der Waals surface area contributed by atoms with Gasteiger partial charge in [0.25, 0.3) is 0 Å². The van der Waals surface area contributed by atoms with Crippen LogP contribution in [0.15, 0.2) is 0 Å². The van der Waals surface area contributed by atoms with Gasteiger partial charge in [0.2, 0.25) is 0 Å². The zero-order valence-electron chi connectivity index (χ0n) is 30.0. The van der Waals surface area contributed by atoms with E-state index in [1.807, 2.05) is 0 Å². The lowest BCUT2D eigenvalue weighted by molar-refractivity contribution is 0.525. The second-order valence-corrected chi connectivity index (χ2v) is 13.6. The molecule has 0 heterocycles. The predicted molar refractivity (Wildman–Crippen MR) is 196 cm³/mol. The molecule has 0 aliphatic rings. The summed E-state index contributed by atoms with van der Waals surface area (Å²) in [5, 5.41) is 0. The molecule has 0 aromatic rings. The van der Waals surface area contributed by atoms with Crippen LogP contribution >= 0.6 is 0 Å². The predicted octanol–water partition coefficient (Wildman–Crippen LogP) is 14.0. The summed E-state index contributed by atoms with van der Waals surface area (Å²) < 4.78 is 0. The Labute approximate surface area is 269 Å². The Hall–Kier alpha value is -0.0800. The number of nitrogens with two attached hydrogens (primary N) is 2. The average molecular weight is 595 g/mol. The molecule has 0 amide bonds. The molecule has 0 spiro atoms. The highest BCUT2D eigenvalue weighted by atomic mass is 14.5. The summed E-state index contributed by atoms with van der Waals surface area (Å²) in [6.07, 6.45) is 51.7. The molecule has 2 nitrogen and oxygen atoms in total. The minimum Gasteiger partial charge on any atom is -0.330 e.